The molecule has 2 rings (SSSR count). The minimum absolute atomic E-state index is 0. The molecule has 26 heavy (non-hydrogen) atoms. The number of esters is 1. The van der Waals surface area contributed by atoms with Crippen LogP contribution in [0.15, 0.2) is 40.8 Å². The third-order valence-electron chi connectivity index (χ3n) is 3.60. The summed E-state index contributed by atoms with van der Waals surface area (Å²) in [6.07, 6.45) is 1.11. The average molecular weight is 403 g/mol. The number of nitrogens with one attached hydrogen (secondary N) is 1. The first-order valence-electron chi connectivity index (χ1n) is 8.32. The third-order valence-corrected chi connectivity index (χ3v) is 3.60. The normalized spacial score (nSPS) is 10.2. The second kappa shape index (κ2) is 12.8. The molecule has 7 heteroatoms. The van der Waals surface area contributed by atoms with Crippen molar-refractivity contribution in [3.05, 3.63) is 47.7 Å². The molecule has 0 radical (unpaired) electrons. The Kier molecular flexibility index (Phi) is 12.0. The van der Waals surface area contributed by atoms with Crippen molar-refractivity contribution >= 4 is 30.8 Å². The summed E-state index contributed by atoms with van der Waals surface area (Å²) in [6.45, 7) is 4.93. The van der Waals surface area contributed by atoms with Crippen LogP contribution >= 0.6 is 24.8 Å². The first-order chi connectivity index (χ1) is 11.6. The Bertz CT molecular complexity index is 642. The zero-order chi connectivity index (χ0) is 17.4. The molecule has 5 nitrogen and oxygen atoms in total. The number of benzene rings is 1. The van der Waals surface area contributed by atoms with Crippen molar-refractivity contribution in [2.24, 2.45) is 0 Å². The van der Waals surface area contributed by atoms with Gasteiger partial charge in [0.1, 0.15) is 11.5 Å². The van der Waals surface area contributed by atoms with Crippen molar-refractivity contribution in [3.63, 3.8) is 0 Å². The SMILES string of the molecule is CCOC(=O)c1ccc(-c2ccc(CNCCCN(C)C)o2)cc1.Cl.Cl. The third kappa shape index (κ3) is 7.79. The number of carbonyl (C=O) groups excluding carboxylic acids is 1. The predicted octanol–water partition coefficient (Wildman–Crippen LogP) is 4.01. The van der Waals surface area contributed by atoms with Crippen LogP contribution in [-0.4, -0.2) is 44.7 Å². The zero-order valence-electron chi connectivity index (χ0n) is 15.5. The van der Waals surface area contributed by atoms with Crippen molar-refractivity contribution in [2.45, 2.75) is 19.9 Å². The molecule has 1 heterocycles. The first-order valence-corrected chi connectivity index (χ1v) is 8.32. The highest BCUT2D eigenvalue weighted by Crippen LogP contribution is 2.22. The van der Waals surface area contributed by atoms with E-state index < -0.39 is 0 Å². The number of rotatable bonds is 9. The number of carbonyl (C=O) groups is 1. The number of furan rings is 1. The molecule has 1 N–H and O–H groups in total. The topological polar surface area (TPSA) is 54.7 Å². The summed E-state index contributed by atoms with van der Waals surface area (Å²) in [5, 5.41) is 3.38. The molecule has 0 saturated carbocycles. The van der Waals surface area contributed by atoms with E-state index in [0.29, 0.717) is 18.7 Å². The molecule has 0 aliphatic rings. The van der Waals surface area contributed by atoms with Gasteiger partial charge in [-0.05, 0) is 64.8 Å². The lowest BCUT2D eigenvalue weighted by atomic mass is 10.1. The van der Waals surface area contributed by atoms with Gasteiger partial charge in [0.15, 0.2) is 0 Å². The van der Waals surface area contributed by atoms with E-state index >= 15 is 0 Å². The van der Waals surface area contributed by atoms with E-state index in [0.717, 1.165) is 36.6 Å². The molecule has 1 aromatic carbocycles. The fourth-order valence-electron chi connectivity index (χ4n) is 2.34. The molecule has 1 aromatic heterocycles. The van der Waals surface area contributed by atoms with Gasteiger partial charge in [0.2, 0.25) is 0 Å². The van der Waals surface area contributed by atoms with Crippen molar-refractivity contribution in [2.75, 3.05) is 33.8 Å². The fraction of sp³-hybridized carbons (Fsp3) is 0.421. The molecule has 0 fully saturated rings. The number of ether oxygens (including phenoxy) is 1. The number of halogens is 2. The van der Waals surface area contributed by atoms with Gasteiger partial charge in [-0.1, -0.05) is 12.1 Å². The van der Waals surface area contributed by atoms with Crippen LogP contribution in [0, 0.1) is 0 Å². The molecule has 0 saturated heterocycles. The second-order valence-corrected chi connectivity index (χ2v) is 5.90. The lowest BCUT2D eigenvalue weighted by Gasteiger charge is -2.09. The van der Waals surface area contributed by atoms with Crippen LogP contribution in [0.3, 0.4) is 0 Å². The summed E-state index contributed by atoms with van der Waals surface area (Å²) in [5.41, 5.74) is 1.50. The summed E-state index contributed by atoms with van der Waals surface area (Å²) in [7, 11) is 4.15. The van der Waals surface area contributed by atoms with Gasteiger partial charge in [-0.15, -0.1) is 24.8 Å². The maximum atomic E-state index is 11.7. The number of nitrogens with zero attached hydrogens (tertiary/aromatic N) is 1. The molecule has 0 atom stereocenters. The van der Waals surface area contributed by atoms with Gasteiger partial charge in [-0.2, -0.15) is 0 Å². The zero-order valence-corrected chi connectivity index (χ0v) is 17.1. The van der Waals surface area contributed by atoms with Crippen molar-refractivity contribution in [3.8, 4) is 11.3 Å². The maximum Gasteiger partial charge on any atom is 0.338 e. The van der Waals surface area contributed by atoms with Crippen LogP contribution in [-0.2, 0) is 11.3 Å². The lowest BCUT2D eigenvalue weighted by molar-refractivity contribution is 0.0526. The lowest BCUT2D eigenvalue weighted by Crippen LogP contribution is -2.20. The van der Waals surface area contributed by atoms with Crippen molar-refractivity contribution in [1.29, 1.82) is 0 Å². The molecule has 2 aromatic rings. The van der Waals surface area contributed by atoms with E-state index in [1.807, 2.05) is 24.3 Å². The van der Waals surface area contributed by atoms with Crippen molar-refractivity contribution < 1.29 is 13.9 Å². The minimum Gasteiger partial charge on any atom is -0.462 e. The Morgan fingerprint density at radius 1 is 1.12 bits per heavy atom. The van der Waals surface area contributed by atoms with E-state index in [1.165, 1.54) is 0 Å². The summed E-state index contributed by atoms with van der Waals surface area (Å²) < 4.78 is 10.8. The predicted molar refractivity (Wildman–Crippen MR) is 109 cm³/mol. The van der Waals surface area contributed by atoms with Crippen LogP contribution < -0.4 is 5.32 Å². The van der Waals surface area contributed by atoms with E-state index in [2.05, 4.69) is 24.3 Å². The summed E-state index contributed by atoms with van der Waals surface area (Å²) >= 11 is 0. The quantitative estimate of drug-likeness (QED) is 0.507. The molecule has 146 valence electrons. The maximum absolute atomic E-state index is 11.7. The Labute approximate surface area is 167 Å². The monoisotopic (exact) mass is 402 g/mol. The molecule has 0 aliphatic heterocycles. The molecule has 0 amide bonds. The van der Waals surface area contributed by atoms with Gasteiger partial charge in [0.25, 0.3) is 0 Å². The highest BCUT2D eigenvalue weighted by atomic mass is 35.5. The van der Waals surface area contributed by atoms with Gasteiger partial charge in [0, 0.05) is 5.56 Å². The summed E-state index contributed by atoms with van der Waals surface area (Å²) in [6, 6.07) is 11.2. The average Bonchev–Trinajstić information content (AvgIpc) is 3.03. The highest BCUT2D eigenvalue weighted by Gasteiger charge is 2.08. The highest BCUT2D eigenvalue weighted by molar-refractivity contribution is 5.89. The smallest absolute Gasteiger partial charge is 0.338 e. The Balaban J connectivity index is 0.00000312. The standard InChI is InChI=1S/C19H26N2O3.2ClH/c1-4-23-19(22)16-8-6-15(7-9-16)18-11-10-17(24-18)14-20-12-5-13-21(2)3;;/h6-11,20H,4-5,12-14H2,1-3H3;2*1H. The Morgan fingerprint density at radius 2 is 1.81 bits per heavy atom. The van der Waals surface area contributed by atoms with Crippen LogP contribution in [0.4, 0.5) is 0 Å². The van der Waals surface area contributed by atoms with Gasteiger partial charge < -0.3 is 19.4 Å². The second-order valence-electron chi connectivity index (χ2n) is 5.90. The number of hydrogen-bond acceptors (Lipinski definition) is 5. The van der Waals surface area contributed by atoms with E-state index in [-0.39, 0.29) is 30.8 Å². The van der Waals surface area contributed by atoms with Gasteiger partial charge in [-0.25, -0.2) is 4.79 Å². The van der Waals surface area contributed by atoms with E-state index in [1.54, 1.807) is 19.1 Å². The first kappa shape index (κ1) is 24.5. The molecular formula is C19H28Cl2N2O3. The van der Waals surface area contributed by atoms with Crippen LogP contribution in [0.2, 0.25) is 0 Å². The molecule has 0 unspecified atom stereocenters. The van der Waals surface area contributed by atoms with Crippen LogP contribution in [0.1, 0.15) is 29.5 Å². The summed E-state index contributed by atoms with van der Waals surface area (Å²) in [5.74, 6) is 1.41. The van der Waals surface area contributed by atoms with E-state index in [9.17, 15) is 4.79 Å². The van der Waals surface area contributed by atoms with Crippen molar-refractivity contribution in [1.82, 2.24) is 10.2 Å². The van der Waals surface area contributed by atoms with Crippen LogP contribution in [0.5, 0.6) is 0 Å². The fourth-order valence-corrected chi connectivity index (χ4v) is 2.34. The van der Waals surface area contributed by atoms with Gasteiger partial charge in [0.05, 0.1) is 18.7 Å². The van der Waals surface area contributed by atoms with Gasteiger partial charge >= 0.3 is 5.97 Å². The molecule has 0 bridgehead atoms. The molecule has 0 spiro atoms. The Morgan fingerprint density at radius 3 is 2.42 bits per heavy atom. The van der Waals surface area contributed by atoms with Gasteiger partial charge in [-0.3, -0.25) is 0 Å². The molecular weight excluding hydrogens is 375 g/mol. The molecule has 0 aliphatic carbocycles. The Hall–Kier alpha value is -1.53. The largest absolute Gasteiger partial charge is 0.462 e. The van der Waals surface area contributed by atoms with E-state index in [4.69, 9.17) is 9.15 Å². The van der Waals surface area contributed by atoms with Crippen LogP contribution in [0.25, 0.3) is 11.3 Å². The minimum atomic E-state index is -0.300. The number of hydrogen-bond donors (Lipinski definition) is 1. The summed E-state index contributed by atoms with van der Waals surface area (Å²) in [4.78, 5) is 13.8.